The van der Waals surface area contributed by atoms with E-state index in [1.165, 1.54) is 31.2 Å². The zero-order chi connectivity index (χ0) is 14.7. The monoisotopic (exact) mass is 291 g/mol. The van der Waals surface area contributed by atoms with Gasteiger partial charge in [-0.25, -0.2) is 4.39 Å². The first kappa shape index (κ1) is 15.0. The van der Waals surface area contributed by atoms with Crippen molar-refractivity contribution >= 4 is 0 Å². The van der Waals surface area contributed by atoms with Crippen molar-refractivity contribution in [1.29, 1.82) is 0 Å². The van der Waals surface area contributed by atoms with Crippen LogP contribution in [0.3, 0.4) is 0 Å². The van der Waals surface area contributed by atoms with Gasteiger partial charge in [0, 0.05) is 12.6 Å². The highest BCUT2D eigenvalue weighted by molar-refractivity contribution is 5.26. The van der Waals surface area contributed by atoms with E-state index >= 15 is 0 Å². The molecule has 1 aliphatic heterocycles. The van der Waals surface area contributed by atoms with E-state index < -0.39 is 0 Å². The van der Waals surface area contributed by atoms with E-state index in [9.17, 15) is 4.39 Å². The molecule has 1 heterocycles. The molecule has 1 aliphatic carbocycles. The highest BCUT2D eigenvalue weighted by Crippen LogP contribution is 2.39. The lowest BCUT2D eigenvalue weighted by molar-refractivity contribution is -0.0834. The van der Waals surface area contributed by atoms with Gasteiger partial charge in [0.15, 0.2) is 0 Å². The van der Waals surface area contributed by atoms with E-state index in [2.05, 4.69) is 5.32 Å². The van der Waals surface area contributed by atoms with Crippen LogP contribution in [0.25, 0.3) is 0 Å². The standard InChI is InChI=1S/C18H26FNO/c1-14-12-16(19)5-4-15(14)6-10-20-17-7-11-21-18(13-17)8-2-3-9-18/h4-5,12,17,20H,2-3,6-11,13H2,1H3. The van der Waals surface area contributed by atoms with Crippen molar-refractivity contribution in [2.24, 2.45) is 0 Å². The summed E-state index contributed by atoms with van der Waals surface area (Å²) < 4.78 is 19.2. The molecule has 1 N–H and O–H groups in total. The summed E-state index contributed by atoms with van der Waals surface area (Å²) in [5.41, 5.74) is 2.48. The molecule has 0 amide bonds. The minimum Gasteiger partial charge on any atom is -0.375 e. The molecular formula is C18H26FNO. The summed E-state index contributed by atoms with van der Waals surface area (Å²) >= 11 is 0. The number of halogens is 1. The molecule has 0 radical (unpaired) electrons. The third-order valence-corrected chi connectivity index (χ3v) is 5.14. The van der Waals surface area contributed by atoms with E-state index in [1.807, 2.05) is 13.0 Å². The average molecular weight is 291 g/mol. The largest absolute Gasteiger partial charge is 0.375 e. The maximum Gasteiger partial charge on any atom is 0.123 e. The van der Waals surface area contributed by atoms with Crippen LogP contribution in [0.4, 0.5) is 4.39 Å². The van der Waals surface area contributed by atoms with Gasteiger partial charge in [-0.2, -0.15) is 0 Å². The molecule has 0 aromatic heterocycles. The van der Waals surface area contributed by atoms with Crippen molar-refractivity contribution in [3.05, 3.63) is 35.1 Å². The Morgan fingerprint density at radius 3 is 2.90 bits per heavy atom. The van der Waals surface area contributed by atoms with Crippen LogP contribution in [-0.2, 0) is 11.2 Å². The Bertz CT molecular complexity index is 482. The molecule has 2 aliphatic rings. The fourth-order valence-electron chi connectivity index (χ4n) is 3.92. The molecular weight excluding hydrogens is 265 g/mol. The van der Waals surface area contributed by atoms with Gasteiger partial charge in [0.25, 0.3) is 0 Å². The number of aryl methyl sites for hydroxylation is 1. The van der Waals surface area contributed by atoms with Crippen molar-refractivity contribution in [2.45, 2.75) is 63.5 Å². The van der Waals surface area contributed by atoms with Crippen molar-refractivity contribution in [3.63, 3.8) is 0 Å². The topological polar surface area (TPSA) is 21.3 Å². The van der Waals surface area contributed by atoms with Gasteiger partial charge in [-0.05, 0) is 68.8 Å². The lowest BCUT2D eigenvalue weighted by atomic mass is 9.89. The van der Waals surface area contributed by atoms with Gasteiger partial charge < -0.3 is 10.1 Å². The molecule has 1 unspecified atom stereocenters. The van der Waals surface area contributed by atoms with Crippen LogP contribution < -0.4 is 5.32 Å². The molecule has 1 saturated heterocycles. The van der Waals surface area contributed by atoms with Gasteiger partial charge in [-0.15, -0.1) is 0 Å². The van der Waals surface area contributed by atoms with Crippen molar-refractivity contribution in [3.8, 4) is 0 Å². The summed E-state index contributed by atoms with van der Waals surface area (Å²) in [6.45, 7) is 3.85. The zero-order valence-corrected chi connectivity index (χ0v) is 13.0. The molecule has 116 valence electrons. The number of hydrogen-bond donors (Lipinski definition) is 1. The van der Waals surface area contributed by atoms with Gasteiger partial charge in [-0.3, -0.25) is 0 Å². The Kier molecular flexibility index (Phi) is 4.60. The van der Waals surface area contributed by atoms with Gasteiger partial charge in [-0.1, -0.05) is 18.9 Å². The Morgan fingerprint density at radius 1 is 1.33 bits per heavy atom. The summed E-state index contributed by atoms with van der Waals surface area (Å²) in [5, 5.41) is 3.69. The highest BCUT2D eigenvalue weighted by atomic mass is 19.1. The first-order valence-corrected chi connectivity index (χ1v) is 8.29. The molecule has 1 aromatic rings. The van der Waals surface area contributed by atoms with Gasteiger partial charge in [0.05, 0.1) is 5.60 Å². The SMILES string of the molecule is Cc1cc(F)ccc1CCNC1CCOC2(CCCC2)C1. The normalized spacial score (nSPS) is 24.6. The molecule has 3 heteroatoms. The summed E-state index contributed by atoms with van der Waals surface area (Å²) in [4.78, 5) is 0. The quantitative estimate of drug-likeness (QED) is 0.912. The minimum atomic E-state index is -0.142. The van der Waals surface area contributed by atoms with E-state index in [0.717, 1.165) is 38.0 Å². The third-order valence-electron chi connectivity index (χ3n) is 5.14. The van der Waals surface area contributed by atoms with Crippen LogP contribution in [0.2, 0.25) is 0 Å². The molecule has 1 saturated carbocycles. The number of benzene rings is 1. The first-order valence-electron chi connectivity index (χ1n) is 8.29. The summed E-state index contributed by atoms with van der Waals surface area (Å²) in [7, 11) is 0. The molecule has 3 rings (SSSR count). The number of ether oxygens (including phenoxy) is 1. The van der Waals surface area contributed by atoms with E-state index in [1.54, 1.807) is 12.1 Å². The van der Waals surface area contributed by atoms with Crippen LogP contribution in [0, 0.1) is 12.7 Å². The third kappa shape index (κ3) is 3.64. The van der Waals surface area contributed by atoms with Crippen LogP contribution >= 0.6 is 0 Å². The Morgan fingerprint density at radius 2 is 2.14 bits per heavy atom. The lowest BCUT2D eigenvalue weighted by Crippen LogP contribution is -2.46. The van der Waals surface area contributed by atoms with Crippen LogP contribution in [0.5, 0.6) is 0 Å². The van der Waals surface area contributed by atoms with Gasteiger partial charge in [0.1, 0.15) is 5.82 Å². The summed E-state index contributed by atoms with van der Waals surface area (Å²) in [6.07, 6.45) is 8.36. The molecule has 1 atom stereocenters. The second-order valence-corrected chi connectivity index (χ2v) is 6.70. The smallest absolute Gasteiger partial charge is 0.123 e. The van der Waals surface area contributed by atoms with Gasteiger partial charge in [0.2, 0.25) is 0 Å². The van der Waals surface area contributed by atoms with Crippen molar-refractivity contribution in [1.82, 2.24) is 5.32 Å². The number of nitrogens with one attached hydrogen (secondary N) is 1. The average Bonchev–Trinajstić information content (AvgIpc) is 2.89. The van der Waals surface area contributed by atoms with E-state index in [0.29, 0.717) is 6.04 Å². The Labute approximate surface area is 127 Å². The zero-order valence-electron chi connectivity index (χ0n) is 13.0. The molecule has 1 spiro atoms. The van der Waals surface area contributed by atoms with E-state index in [4.69, 9.17) is 4.74 Å². The molecule has 2 fully saturated rings. The fourth-order valence-corrected chi connectivity index (χ4v) is 3.92. The first-order chi connectivity index (χ1) is 10.2. The lowest BCUT2D eigenvalue weighted by Gasteiger charge is -2.38. The van der Waals surface area contributed by atoms with Crippen LogP contribution in [0.1, 0.15) is 49.7 Å². The summed E-state index contributed by atoms with van der Waals surface area (Å²) in [5.74, 6) is -0.142. The van der Waals surface area contributed by atoms with Crippen molar-refractivity contribution < 1.29 is 9.13 Å². The Balaban J connectivity index is 1.48. The molecule has 2 nitrogen and oxygen atoms in total. The second kappa shape index (κ2) is 6.45. The Hall–Kier alpha value is -0.930. The predicted octanol–water partition coefficient (Wildman–Crippen LogP) is 3.76. The summed E-state index contributed by atoms with van der Waals surface area (Å²) in [6, 6.07) is 5.67. The van der Waals surface area contributed by atoms with Crippen LogP contribution in [0.15, 0.2) is 18.2 Å². The molecule has 21 heavy (non-hydrogen) atoms. The predicted molar refractivity (Wildman–Crippen MR) is 83.0 cm³/mol. The van der Waals surface area contributed by atoms with Crippen LogP contribution in [-0.4, -0.2) is 24.8 Å². The molecule has 0 bridgehead atoms. The maximum absolute atomic E-state index is 13.1. The van der Waals surface area contributed by atoms with Gasteiger partial charge >= 0.3 is 0 Å². The number of rotatable bonds is 4. The number of hydrogen-bond acceptors (Lipinski definition) is 2. The minimum absolute atomic E-state index is 0.142. The van der Waals surface area contributed by atoms with Crippen molar-refractivity contribution in [2.75, 3.05) is 13.2 Å². The second-order valence-electron chi connectivity index (χ2n) is 6.70. The van der Waals surface area contributed by atoms with E-state index in [-0.39, 0.29) is 11.4 Å². The molecule has 1 aromatic carbocycles. The fraction of sp³-hybridized carbons (Fsp3) is 0.667. The maximum atomic E-state index is 13.1. The highest BCUT2D eigenvalue weighted by Gasteiger charge is 2.39.